The minimum absolute atomic E-state index is 0.0776. The molecule has 4 rings (SSSR count). The van der Waals surface area contributed by atoms with Crippen molar-refractivity contribution in [1.82, 2.24) is 4.90 Å². The number of likely N-dealkylation sites (N-methyl/N-ethyl adjacent to an activating group) is 1. The first-order chi connectivity index (χ1) is 12.2. The molecule has 1 saturated heterocycles. The van der Waals surface area contributed by atoms with Crippen LogP contribution in [-0.2, 0) is 16.0 Å². The van der Waals surface area contributed by atoms with E-state index in [2.05, 4.69) is 34.3 Å². The Labute approximate surface area is 148 Å². The predicted molar refractivity (Wildman–Crippen MR) is 97.5 cm³/mol. The number of nitrogens with zero attached hydrogens (tertiary/aromatic N) is 3. The van der Waals surface area contributed by atoms with Crippen molar-refractivity contribution >= 4 is 17.9 Å². The molecule has 0 radical (unpaired) electrons. The van der Waals surface area contributed by atoms with Crippen molar-refractivity contribution in [2.75, 3.05) is 13.7 Å². The molecule has 5 heteroatoms. The molecule has 3 atom stereocenters. The van der Waals surface area contributed by atoms with E-state index in [4.69, 9.17) is 4.74 Å². The lowest BCUT2D eigenvalue weighted by Crippen LogP contribution is -2.36. The Bertz CT molecular complexity index is 766. The van der Waals surface area contributed by atoms with Gasteiger partial charge in [0.2, 0.25) is 0 Å². The number of carbonyl (C=O) groups is 1. The van der Waals surface area contributed by atoms with Crippen molar-refractivity contribution in [3.63, 3.8) is 0 Å². The van der Waals surface area contributed by atoms with Gasteiger partial charge in [0.05, 0.1) is 24.5 Å². The van der Waals surface area contributed by atoms with Gasteiger partial charge < -0.3 is 9.64 Å². The van der Waals surface area contributed by atoms with Gasteiger partial charge in [-0.3, -0.25) is 4.79 Å². The summed E-state index contributed by atoms with van der Waals surface area (Å²) in [5.74, 6) is -0.0225. The van der Waals surface area contributed by atoms with E-state index in [9.17, 15) is 4.79 Å². The standard InChI is InChI=1S/C20H23N3O2/c1-3-25-20(24)18-14-9-10-16-15(12-21-22-16)19(14)23(2)17(18)11-13-7-5-4-6-8-13/h4-8,12,14,17-18H,3,9-11H2,1-2H3. The van der Waals surface area contributed by atoms with Crippen molar-refractivity contribution in [2.45, 2.75) is 32.2 Å². The minimum Gasteiger partial charge on any atom is -0.466 e. The second kappa shape index (κ2) is 6.47. The number of likely N-dealkylation sites (tertiary alicyclic amines) is 1. The van der Waals surface area contributed by atoms with Gasteiger partial charge in [0.1, 0.15) is 0 Å². The molecular formula is C20H23N3O2. The molecule has 1 aromatic carbocycles. The molecule has 0 bridgehead atoms. The normalized spacial score (nSPS) is 27.2. The highest BCUT2D eigenvalue weighted by Crippen LogP contribution is 2.46. The number of hydrogen-bond donors (Lipinski definition) is 0. The third-order valence-electron chi connectivity index (χ3n) is 5.57. The van der Waals surface area contributed by atoms with Crippen LogP contribution in [0.15, 0.2) is 51.8 Å². The zero-order valence-electron chi connectivity index (χ0n) is 14.7. The molecule has 0 aromatic heterocycles. The van der Waals surface area contributed by atoms with Gasteiger partial charge in [-0.25, -0.2) is 0 Å². The number of rotatable bonds is 4. The number of hydrogen-bond acceptors (Lipinski definition) is 5. The van der Waals surface area contributed by atoms with Crippen LogP contribution in [-0.4, -0.2) is 42.5 Å². The zero-order valence-corrected chi connectivity index (χ0v) is 14.7. The number of fused-ring (bicyclic) bond motifs is 2. The van der Waals surface area contributed by atoms with Crippen molar-refractivity contribution in [3.8, 4) is 0 Å². The molecule has 2 heterocycles. The maximum Gasteiger partial charge on any atom is 0.311 e. The fourth-order valence-corrected chi connectivity index (χ4v) is 4.48. The smallest absolute Gasteiger partial charge is 0.311 e. The summed E-state index contributed by atoms with van der Waals surface area (Å²) in [4.78, 5) is 15.1. The van der Waals surface area contributed by atoms with E-state index < -0.39 is 0 Å². The monoisotopic (exact) mass is 337 g/mol. The van der Waals surface area contributed by atoms with Gasteiger partial charge in [0.15, 0.2) is 0 Å². The van der Waals surface area contributed by atoms with Crippen LogP contribution in [0.5, 0.6) is 0 Å². The van der Waals surface area contributed by atoms with Gasteiger partial charge in [0, 0.05) is 30.3 Å². The van der Waals surface area contributed by atoms with Gasteiger partial charge in [0.25, 0.3) is 0 Å². The Morgan fingerprint density at radius 1 is 1.32 bits per heavy atom. The summed E-state index contributed by atoms with van der Waals surface area (Å²) < 4.78 is 5.45. The molecule has 0 amide bonds. The summed E-state index contributed by atoms with van der Waals surface area (Å²) in [6.07, 6.45) is 4.49. The molecule has 1 aliphatic carbocycles. The molecule has 130 valence electrons. The first-order valence-electron chi connectivity index (χ1n) is 8.98. The minimum atomic E-state index is -0.136. The molecule has 5 nitrogen and oxygen atoms in total. The first-order valence-corrected chi connectivity index (χ1v) is 8.98. The van der Waals surface area contributed by atoms with E-state index in [0.717, 1.165) is 30.5 Å². The van der Waals surface area contributed by atoms with E-state index in [1.54, 1.807) is 0 Å². The molecule has 1 aromatic rings. The molecule has 0 N–H and O–H groups in total. The quantitative estimate of drug-likeness (QED) is 0.794. The first kappa shape index (κ1) is 16.1. The van der Waals surface area contributed by atoms with Crippen molar-refractivity contribution in [3.05, 3.63) is 47.2 Å². The summed E-state index contributed by atoms with van der Waals surface area (Å²) in [6, 6.07) is 10.5. The van der Waals surface area contributed by atoms with E-state index >= 15 is 0 Å². The van der Waals surface area contributed by atoms with Gasteiger partial charge in [-0.05, 0) is 31.7 Å². The van der Waals surface area contributed by atoms with Crippen LogP contribution < -0.4 is 0 Å². The Morgan fingerprint density at radius 2 is 2.12 bits per heavy atom. The second-order valence-electron chi connectivity index (χ2n) is 6.88. The lowest BCUT2D eigenvalue weighted by Gasteiger charge is -2.27. The summed E-state index contributed by atoms with van der Waals surface area (Å²) in [5.41, 5.74) is 4.63. The number of allylic oxidation sites excluding steroid dienone is 2. The van der Waals surface area contributed by atoms with Crippen LogP contribution in [0.3, 0.4) is 0 Å². The molecule has 0 saturated carbocycles. The number of ether oxygens (including phenoxy) is 1. The zero-order chi connectivity index (χ0) is 17.4. The Kier molecular flexibility index (Phi) is 4.15. The number of carbonyl (C=O) groups excluding carboxylic acids is 1. The van der Waals surface area contributed by atoms with Crippen LogP contribution in [0.25, 0.3) is 0 Å². The summed E-state index contributed by atoms with van der Waals surface area (Å²) in [5, 5.41) is 8.35. The van der Waals surface area contributed by atoms with Crippen LogP contribution in [0.4, 0.5) is 0 Å². The summed E-state index contributed by atoms with van der Waals surface area (Å²) >= 11 is 0. The molecule has 3 unspecified atom stereocenters. The van der Waals surface area contributed by atoms with Crippen molar-refractivity contribution < 1.29 is 9.53 Å². The van der Waals surface area contributed by atoms with Crippen LogP contribution in [0.2, 0.25) is 0 Å². The summed E-state index contributed by atoms with van der Waals surface area (Å²) in [6.45, 7) is 2.29. The molecule has 25 heavy (non-hydrogen) atoms. The number of benzene rings is 1. The average molecular weight is 337 g/mol. The van der Waals surface area contributed by atoms with E-state index in [-0.39, 0.29) is 23.8 Å². The molecule has 1 fully saturated rings. The average Bonchev–Trinajstić information content (AvgIpc) is 3.19. The lowest BCUT2D eigenvalue weighted by atomic mass is 9.78. The maximum atomic E-state index is 12.8. The predicted octanol–water partition coefficient (Wildman–Crippen LogP) is 2.83. The van der Waals surface area contributed by atoms with Gasteiger partial charge in [-0.2, -0.15) is 10.2 Å². The fraction of sp³-hybridized carbons (Fsp3) is 0.450. The van der Waals surface area contributed by atoms with Gasteiger partial charge in [-0.1, -0.05) is 30.3 Å². The van der Waals surface area contributed by atoms with Gasteiger partial charge in [-0.15, -0.1) is 0 Å². The molecular weight excluding hydrogens is 314 g/mol. The lowest BCUT2D eigenvalue weighted by molar-refractivity contribution is -0.150. The molecule has 3 aliphatic rings. The highest BCUT2D eigenvalue weighted by Gasteiger charge is 2.50. The highest BCUT2D eigenvalue weighted by atomic mass is 16.5. The highest BCUT2D eigenvalue weighted by molar-refractivity contribution is 6.19. The summed E-state index contributed by atoms with van der Waals surface area (Å²) in [7, 11) is 2.09. The third-order valence-corrected chi connectivity index (χ3v) is 5.57. The van der Waals surface area contributed by atoms with Gasteiger partial charge >= 0.3 is 5.97 Å². The maximum absolute atomic E-state index is 12.8. The third kappa shape index (κ3) is 2.68. The fourth-order valence-electron chi connectivity index (χ4n) is 4.48. The van der Waals surface area contributed by atoms with Crippen LogP contribution >= 0.6 is 0 Å². The SMILES string of the molecule is CCOC(=O)C1C2CCC3=NN=CC3=C2N(C)C1Cc1ccccc1. The topological polar surface area (TPSA) is 54.3 Å². The molecule has 2 aliphatic heterocycles. The van der Waals surface area contributed by atoms with E-state index in [1.165, 1.54) is 11.3 Å². The van der Waals surface area contributed by atoms with E-state index in [1.807, 2.05) is 31.3 Å². The Balaban J connectivity index is 1.73. The van der Waals surface area contributed by atoms with Crippen molar-refractivity contribution in [2.24, 2.45) is 22.0 Å². The van der Waals surface area contributed by atoms with Crippen LogP contribution in [0, 0.1) is 11.8 Å². The van der Waals surface area contributed by atoms with Crippen LogP contribution in [0.1, 0.15) is 25.3 Å². The number of esters is 1. The largest absolute Gasteiger partial charge is 0.466 e. The van der Waals surface area contributed by atoms with E-state index in [0.29, 0.717) is 6.61 Å². The Morgan fingerprint density at radius 3 is 2.88 bits per heavy atom. The second-order valence-corrected chi connectivity index (χ2v) is 6.88. The van der Waals surface area contributed by atoms with Crippen molar-refractivity contribution in [1.29, 1.82) is 0 Å². The molecule has 0 spiro atoms. The Hall–Kier alpha value is -2.43.